The zero-order valence-electron chi connectivity index (χ0n) is 31.6. The van der Waals surface area contributed by atoms with Crippen LogP contribution in [0.25, 0.3) is 50.0 Å². The molecule has 1 aliphatic heterocycles. The van der Waals surface area contributed by atoms with Crippen molar-refractivity contribution in [3.8, 4) is 28.2 Å². The molecule has 0 atom stereocenters. The minimum atomic E-state index is -4.08. The number of aryl methyl sites for hydroxylation is 1. The first kappa shape index (κ1) is 35.3. The van der Waals surface area contributed by atoms with E-state index in [0.29, 0.717) is 39.6 Å². The molecule has 9 rings (SSSR count). The number of benzene rings is 4. The lowest BCUT2D eigenvalue weighted by Crippen LogP contribution is -2.33. The third-order valence-corrected chi connectivity index (χ3v) is 13.4. The van der Waals surface area contributed by atoms with E-state index < -0.39 is 10.0 Å². The van der Waals surface area contributed by atoms with Crippen LogP contribution in [0.2, 0.25) is 0 Å². The predicted octanol–water partition coefficient (Wildman–Crippen LogP) is 9.39. The highest BCUT2D eigenvalue weighted by Gasteiger charge is 2.28. The van der Waals surface area contributed by atoms with Crippen LogP contribution in [-0.2, 0) is 10.0 Å². The molecule has 0 radical (unpaired) electrons. The Labute approximate surface area is 322 Å². The highest BCUT2D eigenvalue weighted by molar-refractivity contribution is 7.90. The summed E-state index contributed by atoms with van der Waals surface area (Å²) in [6.45, 7) is 9.49. The van der Waals surface area contributed by atoms with Gasteiger partial charge in [0.2, 0.25) is 0 Å². The van der Waals surface area contributed by atoms with Crippen LogP contribution in [0.4, 0.5) is 0 Å². The first-order chi connectivity index (χ1) is 26.7. The molecule has 1 aliphatic carbocycles. The van der Waals surface area contributed by atoms with E-state index in [0.717, 1.165) is 65.8 Å². The minimum Gasteiger partial charge on any atom is -0.303 e. The molecule has 1 saturated heterocycles. The smallest absolute Gasteiger partial charge is 0.269 e. The van der Waals surface area contributed by atoms with Gasteiger partial charge >= 0.3 is 0 Å². The summed E-state index contributed by atoms with van der Waals surface area (Å²) in [5.74, 6) is 1.09. The Hall–Kier alpha value is -5.38. The van der Waals surface area contributed by atoms with E-state index in [1.165, 1.54) is 40.7 Å². The molecule has 0 spiro atoms. The number of rotatable bonds is 9. The standard InChI is InChI=1S/C46H45N5O3S/c1-4-23-49-24-20-34(21-25-49)32-12-14-35(15-13-32)43-28-41-44(47-29-48-45(41)51(43)55(53,54)38-17-8-30(2)9-18-38)39-6-5-7-42(31(39)3)50-26-22-37-27-36(33-10-11-33)16-19-40(37)46(50)52/h5-9,12-19,22,26-29,33-34H,4,10-11,20-21,23-25H2,1-3H3. The van der Waals surface area contributed by atoms with Crippen molar-refractivity contribution in [1.82, 2.24) is 23.4 Å². The number of likely N-dealkylation sites (tertiary alicyclic amines) is 1. The molecule has 278 valence electrons. The lowest BCUT2D eigenvalue weighted by atomic mass is 9.89. The van der Waals surface area contributed by atoms with Crippen LogP contribution >= 0.6 is 0 Å². The molecule has 0 unspecified atom stereocenters. The molecular weight excluding hydrogens is 703 g/mol. The third kappa shape index (κ3) is 6.39. The minimum absolute atomic E-state index is 0.0829. The summed E-state index contributed by atoms with van der Waals surface area (Å²) < 4.78 is 32.3. The van der Waals surface area contributed by atoms with Crippen molar-refractivity contribution >= 4 is 31.8 Å². The van der Waals surface area contributed by atoms with E-state index in [-0.39, 0.29) is 10.5 Å². The Morgan fingerprint density at radius 1 is 0.764 bits per heavy atom. The Morgan fingerprint density at radius 3 is 2.22 bits per heavy atom. The van der Waals surface area contributed by atoms with Gasteiger partial charge in [0, 0.05) is 22.5 Å². The van der Waals surface area contributed by atoms with Gasteiger partial charge in [0.05, 0.1) is 22.0 Å². The highest BCUT2D eigenvalue weighted by Crippen LogP contribution is 2.41. The van der Waals surface area contributed by atoms with Crippen molar-refractivity contribution in [3.63, 3.8) is 0 Å². The fourth-order valence-corrected chi connectivity index (χ4v) is 9.95. The summed E-state index contributed by atoms with van der Waals surface area (Å²) >= 11 is 0. The van der Waals surface area contributed by atoms with Gasteiger partial charge in [-0.2, -0.15) is 0 Å². The van der Waals surface area contributed by atoms with Gasteiger partial charge < -0.3 is 4.90 Å². The van der Waals surface area contributed by atoms with E-state index in [9.17, 15) is 13.2 Å². The van der Waals surface area contributed by atoms with Gasteiger partial charge in [-0.05, 0) is 141 Å². The van der Waals surface area contributed by atoms with Crippen molar-refractivity contribution in [2.75, 3.05) is 19.6 Å². The van der Waals surface area contributed by atoms with E-state index in [1.807, 2.05) is 80.7 Å². The van der Waals surface area contributed by atoms with Crippen LogP contribution in [-0.4, -0.2) is 51.5 Å². The van der Waals surface area contributed by atoms with Gasteiger partial charge in [-0.15, -0.1) is 0 Å². The number of hydrogen-bond acceptors (Lipinski definition) is 6. The topological polar surface area (TPSA) is 90.1 Å². The second kappa shape index (κ2) is 14.0. The van der Waals surface area contributed by atoms with Crippen LogP contribution in [0.3, 0.4) is 0 Å². The highest BCUT2D eigenvalue weighted by atomic mass is 32.2. The van der Waals surface area contributed by atoms with Crippen LogP contribution in [0, 0.1) is 13.8 Å². The van der Waals surface area contributed by atoms with Gasteiger partial charge in [-0.3, -0.25) is 9.36 Å². The van der Waals surface area contributed by atoms with Crippen LogP contribution in [0.1, 0.15) is 73.1 Å². The average molecular weight is 748 g/mol. The first-order valence-corrected chi connectivity index (χ1v) is 20.9. The molecule has 3 aromatic heterocycles. The first-order valence-electron chi connectivity index (χ1n) is 19.5. The Kier molecular flexibility index (Phi) is 9.02. The van der Waals surface area contributed by atoms with Crippen molar-refractivity contribution in [2.24, 2.45) is 0 Å². The average Bonchev–Trinajstić information content (AvgIpc) is 3.98. The van der Waals surface area contributed by atoms with Crippen molar-refractivity contribution in [3.05, 3.63) is 142 Å². The molecule has 7 aromatic rings. The maximum Gasteiger partial charge on any atom is 0.269 e. The number of aromatic nitrogens is 4. The zero-order valence-corrected chi connectivity index (χ0v) is 32.4. The molecule has 4 aromatic carbocycles. The van der Waals surface area contributed by atoms with Crippen LogP contribution in [0.15, 0.2) is 119 Å². The van der Waals surface area contributed by atoms with Crippen molar-refractivity contribution in [2.45, 2.75) is 69.6 Å². The summed E-state index contributed by atoms with van der Waals surface area (Å²) in [4.78, 5) is 26.1. The molecule has 0 bridgehead atoms. The van der Waals surface area contributed by atoms with E-state index >= 15 is 0 Å². The lowest BCUT2D eigenvalue weighted by molar-refractivity contribution is 0.213. The molecule has 0 N–H and O–H groups in total. The maximum atomic E-state index is 14.6. The van der Waals surface area contributed by atoms with Crippen LogP contribution in [0.5, 0.6) is 0 Å². The molecule has 55 heavy (non-hydrogen) atoms. The van der Waals surface area contributed by atoms with Crippen molar-refractivity contribution in [1.29, 1.82) is 0 Å². The summed E-state index contributed by atoms with van der Waals surface area (Å²) in [5.41, 5.74) is 8.05. The monoisotopic (exact) mass is 747 g/mol. The number of nitrogens with zero attached hydrogens (tertiary/aromatic N) is 5. The predicted molar refractivity (Wildman–Crippen MR) is 221 cm³/mol. The quantitative estimate of drug-likeness (QED) is 0.146. The summed E-state index contributed by atoms with van der Waals surface area (Å²) in [6, 6.07) is 31.3. The van der Waals surface area contributed by atoms with Crippen molar-refractivity contribution < 1.29 is 8.42 Å². The molecule has 4 heterocycles. The van der Waals surface area contributed by atoms with E-state index in [4.69, 9.17) is 4.98 Å². The Bertz CT molecular complexity index is 2740. The van der Waals surface area contributed by atoms with Crippen LogP contribution < -0.4 is 5.56 Å². The Morgan fingerprint density at radius 2 is 1.49 bits per heavy atom. The molecule has 2 aliphatic rings. The molecule has 0 amide bonds. The number of fused-ring (bicyclic) bond motifs is 2. The molecule has 8 nitrogen and oxygen atoms in total. The second-order valence-electron chi connectivity index (χ2n) is 15.4. The number of piperidine rings is 1. The van der Waals surface area contributed by atoms with Gasteiger partial charge in [0.15, 0.2) is 5.65 Å². The molecule has 9 heteroatoms. The zero-order chi connectivity index (χ0) is 37.8. The molecule has 2 fully saturated rings. The number of hydrogen-bond donors (Lipinski definition) is 0. The van der Waals surface area contributed by atoms with E-state index in [2.05, 4.69) is 41.1 Å². The van der Waals surface area contributed by atoms with Gasteiger partial charge in [-0.25, -0.2) is 22.4 Å². The van der Waals surface area contributed by atoms with Gasteiger partial charge in [-0.1, -0.05) is 73.2 Å². The summed E-state index contributed by atoms with van der Waals surface area (Å²) in [5, 5.41) is 2.24. The lowest BCUT2D eigenvalue weighted by Gasteiger charge is -2.32. The SMILES string of the molecule is CCCN1CCC(c2ccc(-c3cc4c(-c5cccc(-n6ccc7cc(C8CC8)ccc7c6=O)c5C)ncnc4n3S(=O)(=O)c3ccc(C)cc3)cc2)CC1. The van der Waals surface area contributed by atoms with Gasteiger partial charge in [0.1, 0.15) is 6.33 Å². The molecule has 1 saturated carbocycles. The second-order valence-corrected chi connectivity index (χ2v) is 17.2. The fourth-order valence-electron chi connectivity index (χ4n) is 8.46. The summed E-state index contributed by atoms with van der Waals surface area (Å²) in [6.07, 6.45) is 9.10. The maximum absolute atomic E-state index is 14.6. The third-order valence-electron chi connectivity index (χ3n) is 11.7. The Balaban J connectivity index is 1.16. The fraction of sp³-hybridized carbons (Fsp3) is 0.283. The van der Waals surface area contributed by atoms with Gasteiger partial charge in [0.25, 0.3) is 15.6 Å². The number of pyridine rings is 1. The molecular formula is C46H45N5O3S. The van der Waals surface area contributed by atoms with E-state index in [1.54, 1.807) is 16.7 Å². The summed E-state index contributed by atoms with van der Waals surface area (Å²) in [7, 11) is -4.08. The largest absolute Gasteiger partial charge is 0.303 e. The normalized spacial score (nSPS) is 15.6.